The minimum atomic E-state index is -3.79. The fourth-order valence-electron chi connectivity index (χ4n) is 4.25. The molecule has 1 fully saturated rings. The van der Waals surface area contributed by atoms with Crippen molar-refractivity contribution >= 4 is 33.0 Å². The summed E-state index contributed by atoms with van der Waals surface area (Å²) in [7, 11) is -3.79. The first-order valence-corrected chi connectivity index (χ1v) is 13.2. The summed E-state index contributed by atoms with van der Waals surface area (Å²) in [5.41, 5.74) is 5.06. The maximum absolute atomic E-state index is 12.3. The number of hydrogen-bond donors (Lipinski definition) is 3. The number of carbonyl (C=O) groups is 1. The Morgan fingerprint density at radius 1 is 1.11 bits per heavy atom. The molecule has 4 rings (SSSR count). The summed E-state index contributed by atoms with van der Waals surface area (Å²) in [6, 6.07) is 14.2. The van der Waals surface area contributed by atoms with Crippen LogP contribution in [0.1, 0.15) is 24.0 Å². The molecule has 1 amide bonds. The number of nitrogens with zero attached hydrogens (tertiary/aromatic N) is 3. The summed E-state index contributed by atoms with van der Waals surface area (Å²) in [6.07, 6.45) is 5.29. The molecule has 0 spiro atoms. The highest BCUT2D eigenvalue weighted by Crippen LogP contribution is 2.21. The average molecular weight is 498 g/mol. The van der Waals surface area contributed by atoms with Crippen LogP contribution in [0.15, 0.2) is 64.7 Å². The van der Waals surface area contributed by atoms with E-state index in [4.69, 9.17) is 0 Å². The van der Waals surface area contributed by atoms with Crippen molar-refractivity contribution in [2.75, 3.05) is 26.2 Å². The number of aryl methyl sites for hydroxylation is 1. The van der Waals surface area contributed by atoms with Crippen LogP contribution in [0.25, 0.3) is 10.9 Å². The van der Waals surface area contributed by atoms with Gasteiger partial charge in [-0.25, -0.2) is 18.6 Å². The number of β-amino-alcohol motifs (C(OH)–C–C–N with tert-alkyl or cyclic N) is 1. The minimum Gasteiger partial charge on any atom is -0.390 e. The summed E-state index contributed by atoms with van der Waals surface area (Å²) in [5, 5.41) is 15.5. The van der Waals surface area contributed by atoms with Gasteiger partial charge in [-0.05, 0) is 51.1 Å². The van der Waals surface area contributed by atoms with Gasteiger partial charge in [-0.3, -0.25) is 4.79 Å². The molecule has 0 radical (unpaired) electrons. The maximum Gasteiger partial charge on any atom is 0.255 e. The minimum absolute atomic E-state index is 0.0964. The lowest BCUT2D eigenvalue weighted by atomic mass is 10.2. The van der Waals surface area contributed by atoms with E-state index < -0.39 is 28.6 Å². The predicted octanol–water partition coefficient (Wildman–Crippen LogP) is 1.84. The van der Waals surface area contributed by atoms with Crippen LogP contribution in [0.4, 0.5) is 0 Å². The van der Waals surface area contributed by atoms with Gasteiger partial charge in [0.25, 0.3) is 5.91 Å². The van der Waals surface area contributed by atoms with Crippen LogP contribution < -0.4 is 10.1 Å². The Kier molecular flexibility index (Phi) is 7.97. The second-order valence-corrected chi connectivity index (χ2v) is 10.6. The Morgan fingerprint density at radius 2 is 1.83 bits per heavy atom. The average Bonchev–Trinajstić information content (AvgIpc) is 3.46. The van der Waals surface area contributed by atoms with Crippen molar-refractivity contribution in [3.05, 3.63) is 65.9 Å². The summed E-state index contributed by atoms with van der Waals surface area (Å²) in [6.45, 7) is 4.59. The standard InChI is InChI=1S/C25H31N5O4S/c1-19-8-10-22(11-9-19)35(33,34)27-15-25(32)28-26-14-20-16-30(24-7-3-2-6-23(20)24)18-21(31)17-29-12-4-5-13-29/h2-3,6-11,14,16,21,27,31H,4-5,12-13,15,17-18H2,1H3,(H,28,32)/b26-14+. The second-order valence-electron chi connectivity index (χ2n) is 8.85. The number of aliphatic hydroxyl groups excluding tert-OH is 1. The molecule has 3 N–H and O–H groups in total. The van der Waals surface area contributed by atoms with Crippen LogP contribution in [0.2, 0.25) is 0 Å². The molecule has 1 unspecified atom stereocenters. The van der Waals surface area contributed by atoms with E-state index in [9.17, 15) is 18.3 Å². The topological polar surface area (TPSA) is 116 Å². The van der Waals surface area contributed by atoms with Gasteiger partial charge in [0.1, 0.15) is 0 Å². The van der Waals surface area contributed by atoms with Crippen molar-refractivity contribution in [1.29, 1.82) is 0 Å². The van der Waals surface area contributed by atoms with E-state index in [2.05, 4.69) is 20.1 Å². The first-order chi connectivity index (χ1) is 16.8. The SMILES string of the molecule is Cc1ccc(S(=O)(=O)NCC(=O)N/N=C/c2cn(CC(O)CN3CCCC3)c3ccccc23)cc1. The molecule has 35 heavy (non-hydrogen) atoms. The second kappa shape index (κ2) is 11.1. The van der Waals surface area contributed by atoms with Crippen molar-refractivity contribution in [2.45, 2.75) is 37.3 Å². The van der Waals surface area contributed by atoms with Gasteiger partial charge in [-0.15, -0.1) is 0 Å². The number of nitrogens with one attached hydrogen (secondary N) is 2. The Morgan fingerprint density at radius 3 is 2.57 bits per heavy atom. The van der Waals surface area contributed by atoms with E-state index in [1.54, 1.807) is 12.1 Å². The van der Waals surface area contributed by atoms with Gasteiger partial charge in [0, 0.05) is 35.8 Å². The van der Waals surface area contributed by atoms with Crippen LogP contribution in [0, 0.1) is 6.92 Å². The van der Waals surface area contributed by atoms with Gasteiger partial charge in [0.05, 0.1) is 23.8 Å². The number of aromatic nitrogens is 1. The molecule has 1 aromatic heterocycles. The molecule has 0 bridgehead atoms. The molecule has 1 atom stereocenters. The molecular weight excluding hydrogens is 466 g/mol. The number of rotatable bonds is 10. The normalized spacial score (nSPS) is 15.7. The van der Waals surface area contributed by atoms with Gasteiger partial charge in [0.15, 0.2) is 0 Å². The summed E-state index contributed by atoms with van der Waals surface area (Å²) in [4.78, 5) is 14.5. The highest BCUT2D eigenvalue weighted by molar-refractivity contribution is 7.89. The maximum atomic E-state index is 12.3. The van der Waals surface area contributed by atoms with Gasteiger partial charge >= 0.3 is 0 Å². The first-order valence-electron chi connectivity index (χ1n) is 11.7. The van der Waals surface area contributed by atoms with E-state index >= 15 is 0 Å². The number of likely N-dealkylation sites (tertiary alicyclic amines) is 1. The monoisotopic (exact) mass is 497 g/mol. The molecular formula is C25H31N5O4S. The number of amides is 1. The molecule has 2 heterocycles. The Labute approximate surface area is 205 Å². The van der Waals surface area contributed by atoms with E-state index in [-0.39, 0.29) is 4.90 Å². The fourth-order valence-corrected chi connectivity index (χ4v) is 5.23. The molecule has 10 heteroatoms. The zero-order chi connectivity index (χ0) is 24.8. The number of carbonyl (C=O) groups excluding carboxylic acids is 1. The van der Waals surface area contributed by atoms with Crippen LogP contribution in [0.3, 0.4) is 0 Å². The zero-order valence-electron chi connectivity index (χ0n) is 19.7. The summed E-state index contributed by atoms with van der Waals surface area (Å²) >= 11 is 0. The van der Waals surface area contributed by atoms with Crippen LogP contribution in [-0.2, 0) is 21.4 Å². The smallest absolute Gasteiger partial charge is 0.255 e. The van der Waals surface area contributed by atoms with E-state index in [0.29, 0.717) is 13.1 Å². The third-order valence-electron chi connectivity index (χ3n) is 6.04. The number of aliphatic hydroxyl groups is 1. The lowest BCUT2D eigenvalue weighted by Crippen LogP contribution is -2.34. The Hall–Kier alpha value is -3.05. The molecule has 1 aliphatic heterocycles. The number of para-hydroxylation sites is 1. The number of benzene rings is 2. The predicted molar refractivity (Wildman–Crippen MR) is 136 cm³/mol. The van der Waals surface area contributed by atoms with E-state index in [1.165, 1.54) is 31.2 Å². The van der Waals surface area contributed by atoms with E-state index in [1.807, 2.05) is 42.0 Å². The first kappa shape index (κ1) is 25.1. The fraction of sp³-hybridized carbons (Fsp3) is 0.360. The van der Waals surface area contributed by atoms with Gasteiger partial charge in [-0.1, -0.05) is 35.9 Å². The van der Waals surface area contributed by atoms with Crippen molar-refractivity contribution in [3.63, 3.8) is 0 Å². The molecule has 0 saturated carbocycles. The molecule has 3 aromatic rings. The van der Waals surface area contributed by atoms with Crippen molar-refractivity contribution in [3.8, 4) is 0 Å². The lowest BCUT2D eigenvalue weighted by Gasteiger charge is -2.20. The Balaban J connectivity index is 1.36. The highest BCUT2D eigenvalue weighted by atomic mass is 32.2. The molecule has 186 valence electrons. The molecule has 1 saturated heterocycles. The van der Waals surface area contributed by atoms with Gasteiger partial charge in [-0.2, -0.15) is 5.10 Å². The molecule has 0 aliphatic carbocycles. The van der Waals surface area contributed by atoms with Gasteiger partial charge in [0.2, 0.25) is 10.0 Å². The summed E-state index contributed by atoms with van der Waals surface area (Å²) < 4.78 is 28.9. The van der Waals surface area contributed by atoms with Crippen LogP contribution >= 0.6 is 0 Å². The number of hydrogen-bond acceptors (Lipinski definition) is 6. The molecule has 2 aromatic carbocycles. The number of hydrazone groups is 1. The molecule has 1 aliphatic rings. The number of sulfonamides is 1. The Bertz CT molecular complexity index is 1300. The third-order valence-corrected chi connectivity index (χ3v) is 7.46. The quantitative estimate of drug-likeness (QED) is 0.292. The van der Waals surface area contributed by atoms with Crippen LogP contribution in [-0.4, -0.2) is 67.4 Å². The van der Waals surface area contributed by atoms with Crippen molar-refractivity contribution in [2.24, 2.45) is 5.10 Å². The third kappa shape index (κ3) is 6.55. The lowest BCUT2D eigenvalue weighted by molar-refractivity contribution is -0.119. The largest absolute Gasteiger partial charge is 0.390 e. The highest BCUT2D eigenvalue weighted by Gasteiger charge is 2.18. The van der Waals surface area contributed by atoms with Crippen LogP contribution in [0.5, 0.6) is 0 Å². The summed E-state index contributed by atoms with van der Waals surface area (Å²) in [5.74, 6) is -0.582. The van der Waals surface area contributed by atoms with E-state index in [0.717, 1.165) is 35.1 Å². The number of fused-ring (bicyclic) bond motifs is 1. The van der Waals surface area contributed by atoms with Gasteiger partial charge < -0.3 is 14.6 Å². The van der Waals surface area contributed by atoms with Crippen molar-refractivity contribution < 1.29 is 18.3 Å². The molecule has 9 nitrogen and oxygen atoms in total. The van der Waals surface area contributed by atoms with Crippen molar-refractivity contribution in [1.82, 2.24) is 19.6 Å². The zero-order valence-corrected chi connectivity index (χ0v) is 20.5.